The lowest BCUT2D eigenvalue weighted by Crippen LogP contribution is -2.52. The quantitative estimate of drug-likeness (QED) is 0.417. The van der Waals surface area contributed by atoms with Gasteiger partial charge in [-0.15, -0.1) is 0 Å². The summed E-state index contributed by atoms with van der Waals surface area (Å²) >= 11 is 1.38. The van der Waals surface area contributed by atoms with E-state index in [2.05, 4.69) is 95.9 Å². The van der Waals surface area contributed by atoms with Gasteiger partial charge < -0.3 is 5.11 Å². The van der Waals surface area contributed by atoms with Crippen LogP contribution in [0.5, 0.6) is 0 Å². The number of carbonyl (C=O) groups is 1. The van der Waals surface area contributed by atoms with Crippen LogP contribution in [-0.2, 0) is 10.3 Å². The Kier molecular flexibility index (Phi) is 7.26. The third kappa shape index (κ3) is 4.44. The molecular formula is C28H29NO2S. The number of nitrogens with zero attached hydrogens (tertiary/aromatic N) is 1. The number of rotatable bonds is 6. The minimum atomic E-state index is -0.482. The molecule has 1 N–H and O–H groups in total. The Morgan fingerprint density at radius 1 is 0.938 bits per heavy atom. The minimum Gasteiger partial charge on any atom is -0.392 e. The van der Waals surface area contributed by atoms with Crippen LogP contribution in [0.3, 0.4) is 0 Å². The summed E-state index contributed by atoms with van der Waals surface area (Å²) < 4.78 is 0. The molecule has 3 aromatic rings. The molecule has 0 amide bonds. The molecule has 1 aliphatic rings. The number of benzene rings is 3. The van der Waals surface area contributed by atoms with Crippen LogP contribution in [-0.4, -0.2) is 40.1 Å². The lowest BCUT2D eigenvalue weighted by atomic mass is 9.74. The van der Waals surface area contributed by atoms with Gasteiger partial charge in [0.2, 0.25) is 0 Å². The molecular weight excluding hydrogens is 414 g/mol. The van der Waals surface area contributed by atoms with Gasteiger partial charge in [-0.2, -0.15) is 0 Å². The number of likely N-dealkylation sites (tertiary alicyclic amines) is 1. The molecule has 164 valence electrons. The average Bonchev–Trinajstić information content (AvgIpc) is 2.83. The van der Waals surface area contributed by atoms with Crippen LogP contribution in [0.2, 0.25) is 0 Å². The van der Waals surface area contributed by atoms with Gasteiger partial charge in [-0.25, -0.2) is 0 Å². The van der Waals surface area contributed by atoms with E-state index in [-0.39, 0.29) is 17.0 Å². The number of thioether (sulfide) groups is 1. The molecule has 0 spiro atoms. The molecule has 1 aliphatic heterocycles. The van der Waals surface area contributed by atoms with Gasteiger partial charge in [-0.1, -0.05) is 109 Å². The van der Waals surface area contributed by atoms with E-state index in [1.807, 2.05) is 6.08 Å². The molecule has 4 heteroatoms. The first-order valence-corrected chi connectivity index (χ1v) is 11.9. The van der Waals surface area contributed by atoms with Crippen molar-refractivity contribution < 1.29 is 9.90 Å². The summed E-state index contributed by atoms with van der Waals surface area (Å²) in [4.78, 5) is 14.4. The van der Waals surface area contributed by atoms with Gasteiger partial charge in [0, 0.05) is 25.3 Å². The highest BCUT2D eigenvalue weighted by Gasteiger charge is 2.44. The summed E-state index contributed by atoms with van der Waals surface area (Å²) in [5.74, 6) is 0. The van der Waals surface area contributed by atoms with Crippen molar-refractivity contribution in [3.05, 3.63) is 119 Å². The van der Waals surface area contributed by atoms with Gasteiger partial charge >= 0.3 is 0 Å². The van der Waals surface area contributed by atoms with Crippen molar-refractivity contribution >= 4 is 16.9 Å². The molecule has 4 rings (SSSR count). The molecule has 1 unspecified atom stereocenters. The van der Waals surface area contributed by atoms with Crippen LogP contribution in [0.25, 0.3) is 0 Å². The van der Waals surface area contributed by atoms with E-state index in [1.54, 1.807) is 6.92 Å². The maximum atomic E-state index is 11.9. The first kappa shape index (κ1) is 22.5. The summed E-state index contributed by atoms with van der Waals surface area (Å²) in [7, 11) is 0. The summed E-state index contributed by atoms with van der Waals surface area (Å²) in [5.41, 5.74) is 4.26. The number of hydrogen-bond acceptors (Lipinski definition) is 4. The van der Waals surface area contributed by atoms with Crippen LogP contribution in [0.1, 0.15) is 30.0 Å². The molecule has 1 fully saturated rings. The fourth-order valence-corrected chi connectivity index (χ4v) is 5.83. The molecule has 0 bridgehead atoms. The van der Waals surface area contributed by atoms with Crippen LogP contribution >= 0.6 is 11.8 Å². The first-order valence-electron chi connectivity index (χ1n) is 11.0. The molecule has 1 atom stereocenters. The highest BCUT2D eigenvalue weighted by atomic mass is 32.2. The molecule has 0 aliphatic carbocycles. The Labute approximate surface area is 194 Å². The van der Waals surface area contributed by atoms with E-state index in [4.69, 9.17) is 0 Å². The topological polar surface area (TPSA) is 40.5 Å². The van der Waals surface area contributed by atoms with Gasteiger partial charge in [0.1, 0.15) is 0 Å². The molecule has 3 aromatic carbocycles. The Morgan fingerprint density at radius 2 is 1.41 bits per heavy atom. The third-order valence-electron chi connectivity index (χ3n) is 6.16. The normalized spacial score (nSPS) is 18.6. The van der Waals surface area contributed by atoms with E-state index in [1.165, 1.54) is 28.5 Å². The summed E-state index contributed by atoms with van der Waals surface area (Å²) in [6.45, 7) is 3.12. The number of carbonyl (C=O) groups excluding carboxylic acids is 1. The summed E-state index contributed by atoms with van der Waals surface area (Å²) in [6, 6.07) is 31.9. The second-order valence-corrected chi connectivity index (χ2v) is 9.46. The van der Waals surface area contributed by atoms with E-state index < -0.39 is 5.54 Å². The number of piperidine rings is 1. The van der Waals surface area contributed by atoms with Gasteiger partial charge in [0.15, 0.2) is 5.12 Å². The Morgan fingerprint density at radius 3 is 1.81 bits per heavy atom. The summed E-state index contributed by atoms with van der Waals surface area (Å²) in [5, 5.41) is 9.95. The van der Waals surface area contributed by atoms with Crippen molar-refractivity contribution in [1.29, 1.82) is 0 Å². The second kappa shape index (κ2) is 10.3. The highest BCUT2D eigenvalue weighted by Crippen LogP contribution is 2.45. The maximum Gasteiger partial charge on any atom is 0.186 e. The van der Waals surface area contributed by atoms with E-state index >= 15 is 0 Å². The fraction of sp³-hybridized carbons (Fsp3) is 0.250. The largest absolute Gasteiger partial charge is 0.392 e. The smallest absolute Gasteiger partial charge is 0.186 e. The van der Waals surface area contributed by atoms with Crippen LogP contribution in [0, 0.1) is 0 Å². The predicted molar refractivity (Wildman–Crippen MR) is 133 cm³/mol. The van der Waals surface area contributed by atoms with Crippen molar-refractivity contribution in [2.24, 2.45) is 0 Å². The van der Waals surface area contributed by atoms with Gasteiger partial charge in [-0.05, 0) is 28.7 Å². The van der Waals surface area contributed by atoms with Crippen molar-refractivity contribution in [1.82, 2.24) is 4.90 Å². The molecule has 3 nitrogen and oxygen atoms in total. The zero-order chi connectivity index (χ0) is 22.4. The average molecular weight is 444 g/mol. The van der Waals surface area contributed by atoms with Gasteiger partial charge in [0.25, 0.3) is 0 Å². The highest BCUT2D eigenvalue weighted by molar-refractivity contribution is 8.14. The molecule has 0 aromatic heterocycles. The van der Waals surface area contributed by atoms with Crippen LogP contribution in [0.4, 0.5) is 0 Å². The molecule has 0 radical (unpaired) electrons. The monoisotopic (exact) mass is 443 g/mol. The SMILES string of the molecule is CC(=O)SC1CCN(C(c2ccccc2)(c2ccccc2)c2ccccc2)CC1=CCO. The lowest BCUT2D eigenvalue weighted by molar-refractivity contribution is -0.109. The molecule has 0 saturated carbocycles. The van der Waals surface area contributed by atoms with E-state index in [0.717, 1.165) is 18.5 Å². The van der Waals surface area contributed by atoms with Crippen LogP contribution in [0.15, 0.2) is 103 Å². The number of aliphatic hydroxyl groups excluding tert-OH is 1. The zero-order valence-corrected chi connectivity index (χ0v) is 19.2. The van der Waals surface area contributed by atoms with Gasteiger partial charge in [-0.3, -0.25) is 9.69 Å². The van der Waals surface area contributed by atoms with Gasteiger partial charge in [0.05, 0.1) is 12.1 Å². The van der Waals surface area contributed by atoms with Crippen LogP contribution < -0.4 is 0 Å². The van der Waals surface area contributed by atoms with Crippen molar-refractivity contribution in [3.8, 4) is 0 Å². The number of hydrogen-bond donors (Lipinski definition) is 1. The van der Waals surface area contributed by atoms with Crippen molar-refractivity contribution in [2.75, 3.05) is 19.7 Å². The maximum absolute atomic E-state index is 11.9. The lowest BCUT2D eigenvalue weighted by Gasteiger charge is -2.49. The fourth-order valence-electron chi connectivity index (χ4n) is 4.88. The molecule has 32 heavy (non-hydrogen) atoms. The Hall–Kier alpha value is -2.66. The van der Waals surface area contributed by atoms with Crippen molar-refractivity contribution in [3.63, 3.8) is 0 Å². The standard InChI is InChI=1S/C28H29NO2S/c1-22(31)32-27-17-19-29(21-23(27)18-20-30)28(24-11-5-2-6-12-24,25-13-7-3-8-14-25)26-15-9-4-10-16-26/h2-16,18,27,30H,17,19-21H2,1H3. The zero-order valence-electron chi connectivity index (χ0n) is 18.4. The van der Waals surface area contributed by atoms with Crippen molar-refractivity contribution in [2.45, 2.75) is 24.1 Å². The molecule has 1 saturated heterocycles. The number of aliphatic hydroxyl groups is 1. The Bertz CT molecular complexity index is 954. The van der Waals surface area contributed by atoms with E-state index in [9.17, 15) is 9.90 Å². The second-order valence-electron chi connectivity index (χ2n) is 8.08. The predicted octanol–water partition coefficient (Wildman–Crippen LogP) is 5.25. The summed E-state index contributed by atoms with van der Waals surface area (Å²) in [6.07, 6.45) is 2.74. The first-order chi connectivity index (χ1) is 15.7. The Balaban J connectivity index is 1.90. The van der Waals surface area contributed by atoms with E-state index in [0.29, 0.717) is 6.54 Å². The third-order valence-corrected chi connectivity index (χ3v) is 7.31. The molecule has 1 heterocycles. The minimum absolute atomic E-state index is 0.0207.